The molecule has 0 spiro atoms. The first-order chi connectivity index (χ1) is 15.7. The van der Waals surface area contributed by atoms with Gasteiger partial charge in [-0.3, -0.25) is 0 Å². The molecule has 3 heterocycles. The van der Waals surface area contributed by atoms with Gasteiger partial charge < -0.3 is 18.9 Å². The van der Waals surface area contributed by atoms with Gasteiger partial charge in [-0.2, -0.15) is 18.2 Å². The van der Waals surface area contributed by atoms with E-state index in [1.54, 1.807) is 6.20 Å². The van der Waals surface area contributed by atoms with Crippen LogP contribution in [0.2, 0.25) is 0 Å². The van der Waals surface area contributed by atoms with Crippen LogP contribution < -0.4 is 9.30 Å². The molecule has 0 fully saturated rings. The molecule has 1 aliphatic heterocycles. The maximum atomic E-state index is 5.98. The minimum Gasteiger partial charge on any atom is -0.527 e. The molecule has 0 saturated heterocycles. The van der Waals surface area contributed by atoms with Crippen molar-refractivity contribution in [1.29, 1.82) is 0 Å². The predicted molar refractivity (Wildman–Crippen MR) is 125 cm³/mol. The third-order valence-electron chi connectivity index (χ3n) is 5.15. The molecule has 164 valence electrons. The number of benzene rings is 3. The van der Waals surface area contributed by atoms with Crippen molar-refractivity contribution in [2.24, 2.45) is 5.92 Å². The molecule has 0 bridgehead atoms. The van der Waals surface area contributed by atoms with Crippen molar-refractivity contribution in [3.63, 3.8) is 0 Å². The van der Waals surface area contributed by atoms with E-state index in [0.717, 1.165) is 46.0 Å². The normalized spacial score (nSPS) is 11.1. The SMILES string of the molecule is CC(C)Cn1[c-][n+]2c3c(cccc31)Oc1ccc[c-]c1-2.[Ir+3].[c-]1ccccc1-c1ccccn1. The number of hydrogen-bond acceptors (Lipinski definition) is 2. The molecule has 0 amide bonds. The maximum absolute atomic E-state index is 5.98. The van der Waals surface area contributed by atoms with Crippen molar-refractivity contribution in [2.75, 3.05) is 0 Å². The molecule has 5 heteroatoms. The average Bonchev–Trinajstić information content (AvgIpc) is 3.20. The summed E-state index contributed by atoms with van der Waals surface area (Å²) in [5, 5.41) is 0. The number of pyridine rings is 1. The van der Waals surface area contributed by atoms with Crippen molar-refractivity contribution in [1.82, 2.24) is 9.55 Å². The molecule has 4 nitrogen and oxygen atoms in total. The molecule has 0 radical (unpaired) electrons. The molecule has 0 aliphatic carbocycles. The Kier molecular flexibility index (Phi) is 7.02. The van der Waals surface area contributed by atoms with Crippen LogP contribution in [-0.2, 0) is 26.7 Å². The molecular weight excluding hydrogens is 587 g/mol. The summed E-state index contributed by atoms with van der Waals surface area (Å²) in [5.41, 5.74) is 5.16. The summed E-state index contributed by atoms with van der Waals surface area (Å²) in [4.78, 5) is 4.22. The number of ether oxygens (including phenoxy) is 1. The Labute approximate surface area is 207 Å². The predicted octanol–water partition coefficient (Wildman–Crippen LogP) is 5.83. The van der Waals surface area contributed by atoms with Gasteiger partial charge in [0.1, 0.15) is 5.75 Å². The third kappa shape index (κ3) is 4.75. The van der Waals surface area contributed by atoms with Crippen LogP contribution in [0.15, 0.2) is 85.1 Å². The number of para-hydroxylation sites is 2. The van der Waals surface area contributed by atoms with Gasteiger partial charge in [0.05, 0.1) is 17.6 Å². The van der Waals surface area contributed by atoms with Gasteiger partial charge in [-0.05, 0) is 29.4 Å². The van der Waals surface area contributed by atoms with Crippen LogP contribution in [0.5, 0.6) is 11.5 Å². The van der Waals surface area contributed by atoms with E-state index in [1.165, 1.54) is 0 Å². The van der Waals surface area contributed by atoms with Gasteiger partial charge in [-0.1, -0.05) is 38.1 Å². The molecule has 0 N–H and O–H groups in total. The first kappa shape index (κ1) is 22.9. The fraction of sp³-hybridized carbons (Fsp3) is 0.143. The first-order valence-electron chi connectivity index (χ1n) is 10.7. The van der Waals surface area contributed by atoms with Crippen molar-refractivity contribution in [3.05, 3.63) is 104 Å². The van der Waals surface area contributed by atoms with Crippen LogP contribution in [0.25, 0.3) is 28.0 Å². The summed E-state index contributed by atoms with van der Waals surface area (Å²) in [6.45, 7) is 5.36. The molecule has 0 unspecified atom stereocenters. The molecule has 6 rings (SSSR count). The van der Waals surface area contributed by atoms with Gasteiger partial charge in [0.25, 0.3) is 0 Å². The summed E-state index contributed by atoms with van der Waals surface area (Å²) >= 11 is 0. The number of hydrogen-bond donors (Lipinski definition) is 0. The van der Waals surface area contributed by atoms with E-state index in [2.05, 4.69) is 52.5 Å². The summed E-state index contributed by atoms with van der Waals surface area (Å²) in [7, 11) is 0. The van der Waals surface area contributed by atoms with Crippen molar-refractivity contribution < 1.29 is 29.4 Å². The Morgan fingerprint density at radius 1 is 0.909 bits per heavy atom. The van der Waals surface area contributed by atoms with Gasteiger partial charge in [0.2, 0.25) is 6.33 Å². The minimum absolute atomic E-state index is 0. The monoisotopic (exact) mass is 610 g/mol. The third-order valence-corrected chi connectivity index (χ3v) is 5.15. The molecule has 1 aliphatic rings. The van der Waals surface area contributed by atoms with E-state index in [0.29, 0.717) is 5.92 Å². The largest absolute Gasteiger partial charge is 3.00 e. The van der Waals surface area contributed by atoms with Crippen LogP contribution in [-0.4, -0.2) is 9.55 Å². The number of nitrogens with zero attached hydrogens (tertiary/aromatic N) is 3. The van der Waals surface area contributed by atoms with Crippen LogP contribution >= 0.6 is 0 Å². The van der Waals surface area contributed by atoms with Crippen LogP contribution in [0.1, 0.15) is 13.8 Å². The zero-order chi connectivity index (χ0) is 21.9. The average molecular weight is 610 g/mol. The molecule has 0 atom stereocenters. The molecule has 5 aromatic rings. The Morgan fingerprint density at radius 3 is 2.48 bits per heavy atom. The fourth-order valence-electron chi connectivity index (χ4n) is 3.79. The summed E-state index contributed by atoms with van der Waals surface area (Å²) < 4.78 is 10.2. The van der Waals surface area contributed by atoms with E-state index in [1.807, 2.05) is 72.8 Å². The van der Waals surface area contributed by atoms with E-state index in [9.17, 15) is 0 Å². The number of imidazole rings is 1. The number of rotatable bonds is 3. The van der Waals surface area contributed by atoms with Crippen molar-refractivity contribution in [3.8, 4) is 28.4 Å². The van der Waals surface area contributed by atoms with Gasteiger partial charge >= 0.3 is 20.1 Å². The summed E-state index contributed by atoms with van der Waals surface area (Å²) in [5.74, 6) is 2.28. The van der Waals surface area contributed by atoms with E-state index in [4.69, 9.17) is 4.74 Å². The number of aromatic nitrogens is 3. The summed E-state index contributed by atoms with van der Waals surface area (Å²) in [6, 6.07) is 32.0. The minimum atomic E-state index is 0. The smallest absolute Gasteiger partial charge is 0.527 e. The molecular formula is C28H23IrN3O+. The van der Waals surface area contributed by atoms with Gasteiger partial charge in [0.15, 0.2) is 0 Å². The van der Waals surface area contributed by atoms with Gasteiger partial charge in [-0.25, -0.2) is 0 Å². The number of fused-ring (bicyclic) bond motifs is 2. The zero-order valence-electron chi connectivity index (χ0n) is 18.5. The molecule has 0 saturated carbocycles. The van der Waals surface area contributed by atoms with E-state index in [-0.39, 0.29) is 20.1 Å². The van der Waals surface area contributed by atoms with Gasteiger partial charge in [-0.15, -0.1) is 42.0 Å². The Morgan fingerprint density at radius 2 is 1.73 bits per heavy atom. The topological polar surface area (TPSA) is 30.9 Å². The second kappa shape index (κ2) is 10.1. The molecule has 2 aromatic heterocycles. The first-order valence-corrected chi connectivity index (χ1v) is 10.7. The molecule has 33 heavy (non-hydrogen) atoms. The van der Waals surface area contributed by atoms with E-state index >= 15 is 0 Å². The van der Waals surface area contributed by atoms with Gasteiger partial charge in [0, 0.05) is 11.9 Å². The Hall–Kier alpha value is -3.27. The second-order valence-corrected chi connectivity index (χ2v) is 8.04. The van der Waals surface area contributed by atoms with Crippen LogP contribution in [0.3, 0.4) is 0 Å². The second-order valence-electron chi connectivity index (χ2n) is 8.04. The summed E-state index contributed by atoms with van der Waals surface area (Å²) in [6.07, 6.45) is 5.23. The van der Waals surface area contributed by atoms with Crippen molar-refractivity contribution in [2.45, 2.75) is 20.4 Å². The standard InChI is InChI=1S/C17H15N2O.C11H8N.Ir/c1-12(2)10-18-11-19-13-6-3-4-8-15(13)20-16-9-5-7-14(18)17(16)19;1-2-6-10(7-3-1)11-8-4-5-9-12-11;/h3-5,7-9,12H,10H2,1-2H3;1-6,8-9H;/q2*-1;+3. The Balaban J connectivity index is 0.000000172. The Bertz CT molecular complexity index is 1310. The van der Waals surface area contributed by atoms with Crippen molar-refractivity contribution >= 4 is 11.0 Å². The van der Waals surface area contributed by atoms with Crippen LogP contribution in [0.4, 0.5) is 0 Å². The fourth-order valence-corrected chi connectivity index (χ4v) is 3.79. The van der Waals surface area contributed by atoms with E-state index < -0.39 is 0 Å². The quantitative estimate of drug-likeness (QED) is 0.187. The zero-order valence-corrected chi connectivity index (χ0v) is 20.8. The molecule has 3 aromatic carbocycles. The van der Waals surface area contributed by atoms with Crippen LogP contribution in [0, 0.1) is 24.4 Å². The maximum Gasteiger partial charge on any atom is 3.00 e.